The highest BCUT2D eigenvalue weighted by atomic mass is 79.9. The van der Waals surface area contributed by atoms with E-state index in [2.05, 4.69) is 15.9 Å². The van der Waals surface area contributed by atoms with Crippen molar-refractivity contribution >= 4 is 27.9 Å². The molecule has 4 nitrogen and oxygen atoms in total. The Morgan fingerprint density at radius 2 is 1.42 bits per heavy atom. The van der Waals surface area contributed by atoms with Crippen molar-refractivity contribution in [2.24, 2.45) is 0 Å². The van der Waals surface area contributed by atoms with Gasteiger partial charge in [0, 0.05) is 0 Å². The molecule has 0 aromatic rings. The molecule has 19 heavy (non-hydrogen) atoms. The molecule has 110 valence electrons. The first kappa shape index (κ1) is 16.5. The van der Waals surface area contributed by atoms with Gasteiger partial charge in [-0.2, -0.15) is 0 Å². The normalized spacial score (nSPS) is 18.6. The average molecular weight is 335 g/mol. The van der Waals surface area contributed by atoms with Crippen molar-refractivity contribution in [2.45, 2.75) is 63.9 Å². The number of alkyl halides is 1. The van der Waals surface area contributed by atoms with E-state index in [-0.39, 0.29) is 18.0 Å². The Hall–Kier alpha value is -0.580. The fraction of sp³-hybridized carbons (Fsp3) is 0.857. The zero-order chi connectivity index (χ0) is 13.9. The van der Waals surface area contributed by atoms with Gasteiger partial charge in [0.25, 0.3) is 0 Å². The molecular formula is C14H23BrO4. The number of rotatable bonds is 4. The lowest BCUT2D eigenvalue weighted by Gasteiger charge is -2.19. The monoisotopic (exact) mass is 334 g/mol. The molecule has 0 heterocycles. The topological polar surface area (TPSA) is 52.6 Å². The second-order valence-corrected chi connectivity index (χ2v) is 5.52. The molecule has 0 spiro atoms. The van der Waals surface area contributed by atoms with E-state index >= 15 is 0 Å². The number of hydrogen-bond donors (Lipinski definition) is 0. The first-order chi connectivity index (χ1) is 9.22. The highest BCUT2D eigenvalue weighted by molar-refractivity contribution is 9.09. The van der Waals surface area contributed by atoms with Crippen LogP contribution in [0, 0.1) is 0 Å². The van der Waals surface area contributed by atoms with Gasteiger partial charge in [0.2, 0.25) is 0 Å². The molecule has 1 fully saturated rings. The molecule has 0 aromatic heterocycles. The molecule has 1 aliphatic carbocycles. The highest BCUT2D eigenvalue weighted by Crippen LogP contribution is 2.19. The van der Waals surface area contributed by atoms with Gasteiger partial charge in [-0.25, -0.2) is 4.79 Å². The van der Waals surface area contributed by atoms with Crippen LogP contribution < -0.4 is 0 Å². The maximum absolute atomic E-state index is 11.6. The van der Waals surface area contributed by atoms with Crippen LogP contribution in [-0.2, 0) is 19.1 Å². The minimum atomic E-state index is -0.442. The second kappa shape index (κ2) is 10.2. The standard InChI is InChI=1S/C14H23BrO4/c15-10-13(16)18-11-14(17)19-12-8-6-4-2-1-3-5-7-9-12/h12H,1-11H2. The molecule has 0 radical (unpaired) electrons. The number of carbonyl (C=O) groups is 2. The van der Waals surface area contributed by atoms with Gasteiger partial charge >= 0.3 is 11.9 Å². The third kappa shape index (κ3) is 8.24. The molecule has 5 heteroatoms. The molecule has 0 saturated heterocycles. The van der Waals surface area contributed by atoms with Crippen molar-refractivity contribution in [2.75, 3.05) is 11.9 Å². The summed E-state index contributed by atoms with van der Waals surface area (Å²) >= 11 is 2.97. The van der Waals surface area contributed by atoms with Gasteiger partial charge in [-0.3, -0.25) is 4.79 Å². The predicted molar refractivity (Wildman–Crippen MR) is 76.2 cm³/mol. The largest absolute Gasteiger partial charge is 0.460 e. The molecule has 1 rings (SSSR count). The van der Waals surface area contributed by atoms with Crippen molar-refractivity contribution in [1.29, 1.82) is 0 Å². The summed E-state index contributed by atoms with van der Waals surface area (Å²) in [5, 5.41) is 0.101. The van der Waals surface area contributed by atoms with Crippen LogP contribution in [-0.4, -0.2) is 30.0 Å². The smallest absolute Gasteiger partial charge is 0.344 e. The summed E-state index contributed by atoms with van der Waals surface area (Å²) in [6, 6.07) is 0. The third-order valence-corrected chi connectivity index (χ3v) is 3.77. The van der Waals surface area contributed by atoms with E-state index in [4.69, 9.17) is 9.47 Å². The molecule has 0 N–H and O–H groups in total. The lowest BCUT2D eigenvalue weighted by Crippen LogP contribution is -2.23. The maximum atomic E-state index is 11.6. The number of carbonyl (C=O) groups excluding carboxylic acids is 2. The summed E-state index contributed by atoms with van der Waals surface area (Å²) in [6.07, 6.45) is 10.4. The lowest BCUT2D eigenvalue weighted by molar-refractivity contribution is -0.161. The van der Waals surface area contributed by atoms with Crippen LogP contribution in [0.2, 0.25) is 0 Å². The summed E-state index contributed by atoms with van der Waals surface area (Å²) in [6.45, 7) is -0.277. The molecular weight excluding hydrogens is 312 g/mol. The minimum absolute atomic E-state index is 0.00623. The third-order valence-electron chi connectivity index (χ3n) is 3.31. The van der Waals surface area contributed by atoms with Crippen LogP contribution in [0.4, 0.5) is 0 Å². The average Bonchev–Trinajstić information content (AvgIpc) is 2.43. The van der Waals surface area contributed by atoms with Crippen molar-refractivity contribution in [1.82, 2.24) is 0 Å². The van der Waals surface area contributed by atoms with Gasteiger partial charge in [0.15, 0.2) is 6.61 Å². The number of halogens is 1. The summed E-state index contributed by atoms with van der Waals surface area (Å²) in [5.41, 5.74) is 0. The Labute approximate surface area is 123 Å². The molecule has 0 aromatic carbocycles. The first-order valence-corrected chi connectivity index (χ1v) is 8.25. The number of esters is 2. The molecule has 0 unspecified atom stereocenters. The molecule has 0 aliphatic heterocycles. The first-order valence-electron chi connectivity index (χ1n) is 7.13. The van der Waals surface area contributed by atoms with Crippen molar-refractivity contribution in [3.8, 4) is 0 Å². The summed E-state index contributed by atoms with van der Waals surface area (Å²) in [7, 11) is 0. The summed E-state index contributed by atoms with van der Waals surface area (Å²) in [5.74, 6) is -0.876. The van der Waals surface area contributed by atoms with Crippen LogP contribution in [0.3, 0.4) is 0 Å². The fourth-order valence-electron chi connectivity index (χ4n) is 2.29. The van der Waals surface area contributed by atoms with Crippen LogP contribution in [0.1, 0.15) is 57.8 Å². The second-order valence-electron chi connectivity index (χ2n) is 4.96. The van der Waals surface area contributed by atoms with E-state index in [0.29, 0.717) is 0 Å². The van der Waals surface area contributed by atoms with E-state index in [1.54, 1.807) is 0 Å². The Morgan fingerprint density at radius 1 is 0.895 bits per heavy atom. The Balaban J connectivity index is 2.26. The van der Waals surface area contributed by atoms with Gasteiger partial charge in [-0.15, -0.1) is 0 Å². The van der Waals surface area contributed by atoms with Crippen LogP contribution in [0.5, 0.6) is 0 Å². The quantitative estimate of drug-likeness (QED) is 0.584. The lowest BCUT2D eigenvalue weighted by atomic mass is 9.99. The molecule has 1 saturated carbocycles. The van der Waals surface area contributed by atoms with Crippen molar-refractivity contribution in [3.05, 3.63) is 0 Å². The Kier molecular flexibility index (Phi) is 8.88. The Morgan fingerprint density at radius 3 is 1.95 bits per heavy atom. The summed E-state index contributed by atoms with van der Waals surface area (Å²) < 4.78 is 10.1. The Bertz CT molecular complexity index is 271. The summed E-state index contributed by atoms with van der Waals surface area (Å²) in [4.78, 5) is 22.5. The van der Waals surface area contributed by atoms with Gasteiger partial charge in [0.05, 0.1) is 0 Å². The van der Waals surface area contributed by atoms with E-state index in [9.17, 15) is 9.59 Å². The van der Waals surface area contributed by atoms with Crippen LogP contribution in [0.15, 0.2) is 0 Å². The molecule has 0 amide bonds. The minimum Gasteiger partial charge on any atom is -0.460 e. The van der Waals surface area contributed by atoms with Gasteiger partial charge in [-0.1, -0.05) is 48.0 Å². The van der Waals surface area contributed by atoms with Crippen LogP contribution in [0.25, 0.3) is 0 Å². The highest BCUT2D eigenvalue weighted by Gasteiger charge is 2.16. The molecule has 0 atom stereocenters. The van der Waals surface area contributed by atoms with E-state index in [1.165, 1.54) is 32.1 Å². The van der Waals surface area contributed by atoms with Gasteiger partial charge in [0.1, 0.15) is 11.4 Å². The molecule has 1 aliphatic rings. The zero-order valence-electron chi connectivity index (χ0n) is 11.4. The van der Waals surface area contributed by atoms with Crippen LogP contribution >= 0.6 is 15.9 Å². The fourth-order valence-corrected chi connectivity index (χ4v) is 2.45. The maximum Gasteiger partial charge on any atom is 0.344 e. The van der Waals surface area contributed by atoms with E-state index in [0.717, 1.165) is 25.7 Å². The van der Waals surface area contributed by atoms with Crippen molar-refractivity contribution in [3.63, 3.8) is 0 Å². The zero-order valence-corrected chi connectivity index (χ0v) is 13.0. The number of hydrogen-bond acceptors (Lipinski definition) is 4. The van der Waals surface area contributed by atoms with Gasteiger partial charge in [-0.05, 0) is 25.7 Å². The van der Waals surface area contributed by atoms with E-state index in [1.807, 2.05) is 0 Å². The van der Waals surface area contributed by atoms with Gasteiger partial charge < -0.3 is 9.47 Å². The van der Waals surface area contributed by atoms with Crippen molar-refractivity contribution < 1.29 is 19.1 Å². The van der Waals surface area contributed by atoms with E-state index < -0.39 is 11.9 Å². The number of ether oxygens (including phenoxy) is 2. The predicted octanol–water partition coefficient (Wildman–Crippen LogP) is 3.36. The SMILES string of the molecule is O=C(CBr)OCC(=O)OC1CCCCCCCCC1. The molecule has 0 bridgehead atoms.